The zero-order valence-corrected chi connectivity index (χ0v) is 6.86. The van der Waals surface area contributed by atoms with Gasteiger partial charge in [0.05, 0.1) is 0 Å². The Kier molecular flexibility index (Phi) is 2.54. The van der Waals surface area contributed by atoms with Crippen molar-refractivity contribution in [1.82, 2.24) is 0 Å². The van der Waals surface area contributed by atoms with Crippen LogP contribution in [-0.2, 0) is 0 Å². The number of rotatable bonds is 2. The van der Waals surface area contributed by atoms with Crippen LogP contribution in [0.3, 0.4) is 0 Å². The number of hydrogen-bond acceptors (Lipinski definition) is 2. The smallest absolute Gasteiger partial charge is 0.276 e. The Hall–Kier alpha value is -1.97. The second-order valence-electron chi connectivity index (χ2n) is 2.41. The highest BCUT2D eigenvalue weighted by molar-refractivity contribution is 6.00. The Bertz CT molecular complexity index is 372. The van der Waals surface area contributed by atoms with Gasteiger partial charge in [-0.15, -0.1) is 0 Å². The summed E-state index contributed by atoms with van der Waals surface area (Å²) >= 11 is 0. The minimum Gasteiger partial charge on any atom is -0.366 e. The lowest BCUT2D eigenvalue weighted by Crippen LogP contribution is -2.11. The summed E-state index contributed by atoms with van der Waals surface area (Å²) in [5, 5.41) is 0. The van der Waals surface area contributed by atoms with Gasteiger partial charge in [0.15, 0.2) is 0 Å². The summed E-state index contributed by atoms with van der Waals surface area (Å²) in [7, 11) is 0. The lowest BCUT2D eigenvalue weighted by Gasteiger charge is -1.97. The van der Waals surface area contributed by atoms with Crippen LogP contribution in [0.1, 0.15) is 20.7 Å². The Morgan fingerprint density at radius 2 is 1.92 bits per heavy atom. The zero-order valence-electron chi connectivity index (χ0n) is 6.86. The van der Waals surface area contributed by atoms with Crippen molar-refractivity contribution in [3.8, 4) is 0 Å². The van der Waals surface area contributed by atoms with Crippen molar-refractivity contribution >= 4 is 18.5 Å². The molecule has 1 aromatic carbocycles. The summed E-state index contributed by atoms with van der Waals surface area (Å²) in [4.78, 5) is 25.0. The third-order valence-electron chi connectivity index (χ3n) is 1.54. The summed E-state index contributed by atoms with van der Waals surface area (Å²) in [5.74, 6) is -1.04. The number of carbonyl (C=O) groups is 2. The minimum absolute atomic E-state index is 0.287. The predicted octanol–water partition coefficient (Wildman–Crippen LogP) is 0.626. The Morgan fingerprint density at radius 3 is 2.46 bits per heavy atom. The number of aliphatic imine (C=N–C) groups is 1. The number of nitrogens with two attached hydrogens (primary N) is 1. The van der Waals surface area contributed by atoms with E-state index >= 15 is 0 Å². The van der Waals surface area contributed by atoms with E-state index in [9.17, 15) is 9.59 Å². The van der Waals surface area contributed by atoms with Crippen LogP contribution in [0.4, 0.5) is 0 Å². The van der Waals surface area contributed by atoms with Crippen LogP contribution in [-0.4, -0.2) is 18.5 Å². The van der Waals surface area contributed by atoms with Crippen molar-refractivity contribution in [3.63, 3.8) is 0 Å². The normalized spacial score (nSPS) is 9.23. The van der Waals surface area contributed by atoms with E-state index in [-0.39, 0.29) is 5.56 Å². The number of benzene rings is 1. The summed E-state index contributed by atoms with van der Waals surface area (Å²) < 4.78 is 0. The van der Waals surface area contributed by atoms with Gasteiger partial charge in [0, 0.05) is 11.1 Å². The molecule has 0 bridgehead atoms. The van der Waals surface area contributed by atoms with Gasteiger partial charge < -0.3 is 5.73 Å². The largest absolute Gasteiger partial charge is 0.366 e. The maximum Gasteiger partial charge on any atom is 0.276 e. The first kappa shape index (κ1) is 9.12. The van der Waals surface area contributed by atoms with Gasteiger partial charge in [-0.25, -0.2) is 4.99 Å². The highest BCUT2D eigenvalue weighted by Gasteiger charge is 2.05. The summed E-state index contributed by atoms with van der Waals surface area (Å²) in [6.45, 7) is 3.10. The molecule has 1 aromatic rings. The molecule has 0 aliphatic heterocycles. The van der Waals surface area contributed by atoms with Crippen LogP contribution in [0.2, 0.25) is 0 Å². The molecular weight excluding hydrogens is 168 g/mol. The summed E-state index contributed by atoms with van der Waals surface area (Å²) in [6.07, 6.45) is 0. The van der Waals surface area contributed by atoms with E-state index in [0.29, 0.717) is 5.56 Å². The molecule has 2 amide bonds. The SMILES string of the molecule is C=NC(=O)c1cccc(C(N)=O)c1. The van der Waals surface area contributed by atoms with Crippen molar-refractivity contribution in [3.05, 3.63) is 35.4 Å². The lowest BCUT2D eigenvalue weighted by molar-refractivity contribution is 0.1000. The first-order valence-electron chi connectivity index (χ1n) is 3.56. The molecule has 0 spiro atoms. The van der Waals surface area contributed by atoms with E-state index in [1.807, 2.05) is 0 Å². The van der Waals surface area contributed by atoms with Crippen molar-refractivity contribution in [2.24, 2.45) is 10.7 Å². The average Bonchev–Trinajstić information content (AvgIpc) is 2.17. The monoisotopic (exact) mass is 176 g/mol. The lowest BCUT2D eigenvalue weighted by atomic mass is 10.1. The number of carbonyl (C=O) groups excluding carboxylic acids is 2. The Labute approximate surface area is 75.1 Å². The molecule has 0 fully saturated rings. The molecule has 0 saturated carbocycles. The average molecular weight is 176 g/mol. The molecule has 0 aliphatic rings. The zero-order chi connectivity index (χ0) is 9.84. The minimum atomic E-state index is -0.571. The maximum atomic E-state index is 11.0. The first-order chi connectivity index (χ1) is 6.15. The van der Waals surface area contributed by atoms with Crippen LogP contribution in [0.15, 0.2) is 29.3 Å². The van der Waals surface area contributed by atoms with Crippen LogP contribution >= 0.6 is 0 Å². The number of nitrogens with zero attached hydrogens (tertiary/aromatic N) is 1. The van der Waals surface area contributed by atoms with Crippen LogP contribution in [0.5, 0.6) is 0 Å². The molecule has 2 N–H and O–H groups in total. The van der Waals surface area contributed by atoms with Crippen LogP contribution in [0.25, 0.3) is 0 Å². The molecule has 1 rings (SSSR count). The molecule has 0 saturated heterocycles. The molecule has 4 nitrogen and oxygen atoms in total. The third-order valence-corrected chi connectivity index (χ3v) is 1.54. The second kappa shape index (κ2) is 3.62. The quantitative estimate of drug-likeness (QED) is 0.671. The predicted molar refractivity (Wildman–Crippen MR) is 48.8 cm³/mol. The standard InChI is InChI=1S/C9H8N2O2/c1-11-9(13)7-4-2-3-6(5-7)8(10)12/h2-5H,1H2,(H2,10,12). The molecular formula is C9H8N2O2. The van der Waals surface area contributed by atoms with E-state index in [0.717, 1.165) is 0 Å². The van der Waals surface area contributed by atoms with Crippen LogP contribution < -0.4 is 5.73 Å². The van der Waals surface area contributed by atoms with Crippen molar-refractivity contribution in [2.75, 3.05) is 0 Å². The molecule has 0 radical (unpaired) electrons. The fourth-order valence-electron chi connectivity index (χ4n) is 0.897. The van der Waals surface area contributed by atoms with Gasteiger partial charge >= 0.3 is 0 Å². The molecule has 0 aromatic heterocycles. The third kappa shape index (κ3) is 1.99. The number of amides is 2. The molecule has 13 heavy (non-hydrogen) atoms. The second-order valence-corrected chi connectivity index (χ2v) is 2.41. The van der Waals surface area contributed by atoms with Gasteiger partial charge in [-0.3, -0.25) is 9.59 Å². The summed E-state index contributed by atoms with van der Waals surface area (Å²) in [6, 6.07) is 6.03. The topological polar surface area (TPSA) is 72.5 Å². The van der Waals surface area contributed by atoms with E-state index in [1.165, 1.54) is 12.1 Å². The van der Waals surface area contributed by atoms with Gasteiger partial charge in [0.1, 0.15) is 0 Å². The molecule has 4 heteroatoms. The van der Waals surface area contributed by atoms with E-state index < -0.39 is 11.8 Å². The van der Waals surface area contributed by atoms with Crippen molar-refractivity contribution < 1.29 is 9.59 Å². The molecule has 0 heterocycles. The van der Waals surface area contributed by atoms with Gasteiger partial charge in [0.2, 0.25) is 5.91 Å². The van der Waals surface area contributed by atoms with Crippen molar-refractivity contribution in [2.45, 2.75) is 0 Å². The Balaban J connectivity index is 3.12. The molecule has 0 unspecified atom stereocenters. The van der Waals surface area contributed by atoms with E-state index in [4.69, 9.17) is 5.73 Å². The fraction of sp³-hybridized carbons (Fsp3) is 0. The molecule has 66 valence electrons. The van der Waals surface area contributed by atoms with Gasteiger partial charge in [-0.1, -0.05) is 6.07 Å². The highest BCUT2D eigenvalue weighted by atomic mass is 16.1. The van der Waals surface area contributed by atoms with E-state index in [1.54, 1.807) is 12.1 Å². The van der Waals surface area contributed by atoms with Gasteiger partial charge in [-0.05, 0) is 24.9 Å². The first-order valence-corrected chi connectivity index (χ1v) is 3.56. The number of primary amides is 1. The molecule has 0 aliphatic carbocycles. The highest BCUT2D eigenvalue weighted by Crippen LogP contribution is 2.05. The van der Waals surface area contributed by atoms with E-state index in [2.05, 4.69) is 11.7 Å². The van der Waals surface area contributed by atoms with Gasteiger partial charge in [0.25, 0.3) is 5.91 Å². The van der Waals surface area contributed by atoms with Crippen molar-refractivity contribution in [1.29, 1.82) is 0 Å². The fourth-order valence-corrected chi connectivity index (χ4v) is 0.897. The van der Waals surface area contributed by atoms with Crippen LogP contribution in [0, 0.1) is 0 Å². The Morgan fingerprint density at radius 1 is 1.31 bits per heavy atom. The summed E-state index contributed by atoms with van der Waals surface area (Å²) in [5.41, 5.74) is 5.63. The van der Waals surface area contributed by atoms with Gasteiger partial charge in [-0.2, -0.15) is 0 Å². The number of hydrogen-bond donors (Lipinski definition) is 1. The maximum absolute atomic E-state index is 11.0. The molecule has 0 atom stereocenters.